The zero-order valence-corrected chi connectivity index (χ0v) is 30.1. The number of aromatic amines is 2. The molecule has 2 radical (unpaired) electrons. The Morgan fingerprint density at radius 2 is 1.08 bits per heavy atom. The smallest absolute Gasteiger partial charge is 0.632 e. The number of benzene rings is 2. The van der Waals surface area contributed by atoms with E-state index in [0.29, 0.717) is 11.1 Å². The van der Waals surface area contributed by atoms with E-state index in [0.717, 1.165) is 69.9 Å². The number of nitrogens with zero attached hydrogens (tertiary/aromatic N) is 2. The minimum Gasteiger partial charge on any atom is -0.632 e. The first-order valence-corrected chi connectivity index (χ1v) is 15.3. The molecule has 12 nitrogen and oxygen atoms in total. The first-order chi connectivity index (χ1) is 22.2. The number of carbonyl (C=O) groups excluding carboxylic acids is 4. The molecule has 2 aliphatic carbocycles. The number of imidazole rings is 2. The largest absolute Gasteiger partial charge is 2.00 e. The molecule has 0 saturated heterocycles. The number of ether oxygens (including phenoxy) is 2. The van der Waals surface area contributed by atoms with Crippen LogP contribution >= 0.6 is 17.2 Å². The zero-order valence-electron chi connectivity index (χ0n) is 25.3. The number of amides is 2. The third-order valence-electron chi connectivity index (χ3n) is 6.47. The molecule has 16 heteroatoms. The summed E-state index contributed by atoms with van der Waals surface area (Å²) in [7, 11) is 2.15. The third-order valence-corrected chi connectivity index (χ3v) is 7.64. The van der Waals surface area contributed by atoms with Crippen LogP contribution in [0.1, 0.15) is 0 Å². The number of hydrogen-bond donors (Lipinski definition) is 2. The first-order valence-electron chi connectivity index (χ1n) is 13.3. The summed E-state index contributed by atoms with van der Waals surface area (Å²) in [6.45, 7) is 0. The fourth-order valence-electron chi connectivity index (χ4n) is 4.32. The van der Waals surface area contributed by atoms with Crippen molar-refractivity contribution >= 4 is 63.6 Å². The monoisotopic (exact) mass is 754 g/mol. The molecule has 0 fully saturated rings. The number of hydrogen-bond acceptors (Lipinski definition) is 8. The Kier molecular flexibility index (Phi) is 16.2. The summed E-state index contributed by atoms with van der Waals surface area (Å²) in [5, 5.41) is 0. The van der Waals surface area contributed by atoms with Gasteiger partial charge in [0.2, 0.25) is 12.2 Å². The Morgan fingerprint density at radius 3 is 1.60 bits per heavy atom. The quantitative estimate of drug-likeness (QED) is 0.132. The van der Waals surface area contributed by atoms with Crippen molar-refractivity contribution in [1.82, 2.24) is 19.9 Å². The van der Waals surface area contributed by atoms with Crippen LogP contribution in [0.5, 0.6) is 0 Å². The standard InChI is InChI=1S/C28H18N4O2P2.2C2H5NO2.2V/c33-15-35-27-29-14-26(32-27)19-5-7-20-11-23(12-21(20)8-6-19)18-3-1-17(2-4-18)22-9-10-24-25(13-22)31-28(30-24)36-16-34;2*1-5-2(3)4;;/h1-14,35-36H,(H,29,32)(H,30,31);2*1H3,(H2,3,4);;/q-2;;;2*+2/p-2. The average molecular weight is 754 g/mol. The second-order valence-corrected chi connectivity index (χ2v) is 11.1. The van der Waals surface area contributed by atoms with Crippen LogP contribution < -0.4 is 11.1 Å². The van der Waals surface area contributed by atoms with Gasteiger partial charge in [-0.3, -0.25) is 9.59 Å². The molecule has 0 bridgehead atoms. The van der Waals surface area contributed by atoms with E-state index in [2.05, 4.69) is 96.1 Å². The maximum Gasteiger partial charge on any atom is 2.00 e. The topological polar surface area (TPSA) is 192 Å². The number of carbonyl (C=O) groups is 2. The second-order valence-electron chi connectivity index (χ2n) is 9.25. The normalized spacial score (nSPS) is 10.3. The molecule has 0 saturated carbocycles. The predicted molar refractivity (Wildman–Crippen MR) is 182 cm³/mol. The molecule has 2 atom stereocenters. The molecule has 48 heavy (non-hydrogen) atoms. The van der Waals surface area contributed by atoms with E-state index in [1.54, 1.807) is 6.20 Å². The van der Waals surface area contributed by atoms with Gasteiger partial charge in [-0.15, -0.1) is 0 Å². The minimum absolute atomic E-state index is 0. The predicted octanol–water partition coefficient (Wildman–Crippen LogP) is 6.74. The maximum absolute atomic E-state index is 10.7. The number of nitrogens with one attached hydrogen (secondary N) is 4. The van der Waals surface area contributed by atoms with Gasteiger partial charge in [0.1, 0.15) is 0 Å². The van der Waals surface area contributed by atoms with Crippen molar-refractivity contribution in [3.05, 3.63) is 96.5 Å². The molecule has 2 amide bonds. The van der Waals surface area contributed by atoms with E-state index in [1.165, 1.54) is 0 Å². The van der Waals surface area contributed by atoms with Gasteiger partial charge in [-0.1, -0.05) is 54.6 Å². The van der Waals surface area contributed by atoms with Crippen LogP contribution in [0.3, 0.4) is 0 Å². The van der Waals surface area contributed by atoms with Gasteiger partial charge in [0.25, 0.3) is 0 Å². The molecule has 4 aromatic rings. The summed E-state index contributed by atoms with van der Waals surface area (Å²) in [6, 6.07) is 31.1. The van der Waals surface area contributed by atoms with Gasteiger partial charge < -0.3 is 40.5 Å². The van der Waals surface area contributed by atoms with E-state index in [1.807, 2.05) is 24.2 Å². The minimum atomic E-state index is -0.995. The van der Waals surface area contributed by atoms with Crippen LogP contribution in [0.4, 0.5) is 9.59 Å². The van der Waals surface area contributed by atoms with Crippen molar-refractivity contribution in [1.29, 1.82) is 0 Å². The molecule has 0 spiro atoms. The van der Waals surface area contributed by atoms with Gasteiger partial charge in [0.15, 0.2) is 0 Å². The molecule has 0 aliphatic heterocycles. The van der Waals surface area contributed by atoms with Crippen LogP contribution in [0.15, 0.2) is 85.1 Å². The molecule has 2 heterocycles. The molecular formula is C32H26N6O6P2V2. The molecular weight excluding hydrogens is 728 g/mol. The van der Waals surface area contributed by atoms with E-state index < -0.39 is 12.2 Å². The van der Waals surface area contributed by atoms with Gasteiger partial charge in [-0.25, -0.2) is 22.0 Å². The number of methoxy groups -OCH3 is 2. The van der Waals surface area contributed by atoms with Crippen molar-refractivity contribution in [2.45, 2.75) is 0 Å². The Labute approximate surface area is 303 Å². The van der Waals surface area contributed by atoms with Crippen molar-refractivity contribution in [3.8, 4) is 44.6 Å². The molecule has 6 rings (SSSR count). The Bertz CT molecular complexity index is 1900. The molecule has 2 aliphatic rings. The Hall–Kier alpha value is -4.27. The number of rotatable bonds is 7. The summed E-state index contributed by atoms with van der Waals surface area (Å²) in [4.78, 5) is 54.8. The van der Waals surface area contributed by atoms with Crippen LogP contribution in [0.25, 0.3) is 67.1 Å². The van der Waals surface area contributed by atoms with Crippen molar-refractivity contribution in [2.24, 2.45) is 0 Å². The zero-order chi connectivity index (χ0) is 33.1. The second kappa shape index (κ2) is 19.5. The SMILES string of the molecule is COC([NH-])=O.COC([NH-])=O.O=[C-]Pc1ncc(-c2ccc3cc(-c4ccc(-c5ccc6nc(P[C-]=O)[nH]c6c5)cc4)cc-3cc2)[nH]1.[V+2].[V+2]. The van der Waals surface area contributed by atoms with Crippen LogP contribution in [-0.4, -0.2) is 58.4 Å². The molecule has 2 aromatic carbocycles. The van der Waals surface area contributed by atoms with E-state index in [4.69, 9.17) is 11.5 Å². The van der Waals surface area contributed by atoms with Crippen LogP contribution in [-0.2, 0) is 56.2 Å². The van der Waals surface area contributed by atoms with Gasteiger partial charge >= 0.3 is 37.1 Å². The van der Waals surface area contributed by atoms with Gasteiger partial charge in [0.05, 0.1) is 48.3 Å². The first kappa shape index (κ1) is 39.9. The van der Waals surface area contributed by atoms with Crippen molar-refractivity contribution in [3.63, 3.8) is 0 Å². The fourth-order valence-corrected chi connectivity index (χ4v) is 5.22. The number of fused-ring (bicyclic) bond motifs is 2. The summed E-state index contributed by atoms with van der Waals surface area (Å²) in [6.07, 6.45) is -0.241. The summed E-state index contributed by atoms with van der Waals surface area (Å²) >= 11 is 0. The Morgan fingerprint density at radius 1 is 0.646 bits per heavy atom. The van der Waals surface area contributed by atoms with Crippen LogP contribution in [0.2, 0.25) is 0 Å². The van der Waals surface area contributed by atoms with Crippen LogP contribution in [0, 0.1) is 0 Å². The fraction of sp³-hybridized carbons (Fsp3) is 0.0625. The van der Waals surface area contributed by atoms with Crippen molar-refractivity contribution < 1.29 is 65.8 Å². The van der Waals surface area contributed by atoms with E-state index in [9.17, 15) is 19.2 Å². The summed E-state index contributed by atoms with van der Waals surface area (Å²) in [5.74, 6) is 0. The summed E-state index contributed by atoms with van der Waals surface area (Å²) < 4.78 is 7.56. The Balaban J connectivity index is 0.000000588. The molecule has 240 valence electrons. The van der Waals surface area contributed by atoms with Gasteiger partial charge in [-0.2, -0.15) is 17.2 Å². The summed E-state index contributed by atoms with van der Waals surface area (Å²) in [5.41, 5.74) is 23.7. The van der Waals surface area contributed by atoms with E-state index >= 15 is 0 Å². The number of aromatic nitrogens is 4. The van der Waals surface area contributed by atoms with E-state index in [-0.39, 0.29) is 54.3 Å². The number of H-pyrrole nitrogens is 2. The maximum atomic E-state index is 10.7. The van der Waals surface area contributed by atoms with Gasteiger partial charge in [0, 0.05) is 0 Å². The van der Waals surface area contributed by atoms with Gasteiger partial charge in [-0.05, 0) is 63.2 Å². The third kappa shape index (κ3) is 10.9. The molecule has 4 N–H and O–H groups in total. The molecule has 2 unspecified atom stereocenters. The molecule has 2 aromatic heterocycles. The van der Waals surface area contributed by atoms with Crippen molar-refractivity contribution in [2.75, 3.05) is 14.2 Å². The average Bonchev–Trinajstić information content (AvgIpc) is 3.77.